The van der Waals surface area contributed by atoms with Crippen molar-refractivity contribution < 1.29 is 9.13 Å². The maximum absolute atomic E-state index is 13.5. The molecule has 0 aliphatic rings. The van der Waals surface area contributed by atoms with E-state index in [1.54, 1.807) is 6.07 Å². The molecule has 0 saturated heterocycles. The molecule has 0 unspecified atom stereocenters. The molecule has 1 heterocycles. The van der Waals surface area contributed by atoms with Crippen LogP contribution in [0.2, 0.25) is 5.02 Å². The van der Waals surface area contributed by atoms with Crippen LogP contribution < -0.4 is 4.74 Å². The van der Waals surface area contributed by atoms with Crippen LogP contribution in [-0.2, 0) is 6.61 Å². The van der Waals surface area contributed by atoms with Crippen LogP contribution in [-0.4, -0.2) is 9.97 Å². The van der Waals surface area contributed by atoms with Crippen LogP contribution in [0.1, 0.15) is 5.56 Å². The summed E-state index contributed by atoms with van der Waals surface area (Å²) in [6, 6.07) is 20.2. The second-order valence-electron chi connectivity index (χ2n) is 5.67. The van der Waals surface area contributed by atoms with Gasteiger partial charge in [-0.3, -0.25) is 0 Å². The van der Waals surface area contributed by atoms with Crippen LogP contribution in [0.25, 0.3) is 22.4 Å². The summed E-state index contributed by atoms with van der Waals surface area (Å²) in [5.74, 6) is 1.02. The van der Waals surface area contributed by atoms with Gasteiger partial charge in [-0.2, -0.15) is 0 Å². The molecule has 0 bridgehead atoms. The number of aromatic nitrogens is 2. The van der Waals surface area contributed by atoms with Gasteiger partial charge in [0, 0.05) is 5.56 Å². The molecule has 1 aromatic heterocycles. The zero-order valence-corrected chi connectivity index (χ0v) is 13.9. The van der Waals surface area contributed by atoms with Gasteiger partial charge in [-0.15, -0.1) is 0 Å². The highest BCUT2D eigenvalue weighted by Crippen LogP contribution is 2.25. The molecule has 0 atom stereocenters. The van der Waals surface area contributed by atoms with Crippen molar-refractivity contribution in [2.24, 2.45) is 0 Å². The van der Waals surface area contributed by atoms with Gasteiger partial charge >= 0.3 is 0 Å². The van der Waals surface area contributed by atoms with Crippen LogP contribution in [0.15, 0.2) is 66.7 Å². The smallest absolute Gasteiger partial charge is 0.142 e. The normalized spacial score (nSPS) is 11.0. The van der Waals surface area contributed by atoms with Crippen LogP contribution in [0.3, 0.4) is 0 Å². The van der Waals surface area contributed by atoms with E-state index in [1.807, 2.05) is 48.5 Å². The Morgan fingerprint density at radius 2 is 1.88 bits per heavy atom. The fourth-order valence-corrected chi connectivity index (χ4v) is 2.74. The van der Waals surface area contributed by atoms with E-state index in [1.165, 1.54) is 12.1 Å². The van der Waals surface area contributed by atoms with Crippen LogP contribution in [0, 0.1) is 5.82 Å². The first-order chi connectivity index (χ1) is 12.2. The Morgan fingerprint density at radius 1 is 1.00 bits per heavy atom. The maximum atomic E-state index is 13.5. The molecule has 4 rings (SSSR count). The second-order valence-corrected chi connectivity index (χ2v) is 6.07. The van der Waals surface area contributed by atoms with E-state index in [0.29, 0.717) is 5.75 Å². The zero-order valence-electron chi connectivity index (χ0n) is 13.2. The van der Waals surface area contributed by atoms with Crippen LogP contribution in [0.4, 0.5) is 4.39 Å². The number of para-hydroxylation sites is 2. The molecule has 0 saturated carbocycles. The fraction of sp³-hybridized carbons (Fsp3) is 0.0500. The molecule has 0 radical (unpaired) electrons. The quantitative estimate of drug-likeness (QED) is 0.519. The minimum Gasteiger partial charge on any atom is -0.489 e. The largest absolute Gasteiger partial charge is 0.489 e. The standard InChI is InChI=1S/C20H14ClFN2O/c21-16-9-8-13(10-17(16)22)12-25-15-5-3-4-14(11-15)20-23-18-6-1-2-7-19(18)24-20/h1-11H,12H2,(H,23,24). The molecule has 0 aliphatic heterocycles. The van der Waals surface area contributed by atoms with Gasteiger partial charge < -0.3 is 9.72 Å². The van der Waals surface area contributed by atoms with Gasteiger partial charge in [0.25, 0.3) is 0 Å². The average molecular weight is 353 g/mol. The van der Waals surface area contributed by atoms with Crippen molar-refractivity contribution in [2.75, 3.05) is 0 Å². The molecule has 25 heavy (non-hydrogen) atoms. The van der Waals surface area contributed by atoms with E-state index >= 15 is 0 Å². The zero-order chi connectivity index (χ0) is 17.2. The Balaban J connectivity index is 1.55. The van der Waals surface area contributed by atoms with E-state index in [0.717, 1.165) is 28.0 Å². The number of nitrogens with zero attached hydrogens (tertiary/aromatic N) is 1. The van der Waals surface area contributed by atoms with Crippen molar-refractivity contribution in [1.29, 1.82) is 0 Å². The summed E-state index contributed by atoms with van der Waals surface area (Å²) in [4.78, 5) is 7.88. The predicted molar refractivity (Wildman–Crippen MR) is 97.3 cm³/mol. The number of imidazole rings is 1. The summed E-state index contributed by atoms with van der Waals surface area (Å²) in [5, 5.41) is 0.107. The lowest BCUT2D eigenvalue weighted by atomic mass is 10.2. The SMILES string of the molecule is Fc1cc(COc2cccc(-c3nc4ccccc4[nH]3)c2)ccc1Cl. The molecule has 4 aromatic rings. The van der Waals surface area contributed by atoms with Gasteiger partial charge in [-0.25, -0.2) is 9.37 Å². The number of ether oxygens (including phenoxy) is 1. The minimum absolute atomic E-state index is 0.107. The lowest BCUT2D eigenvalue weighted by Gasteiger charge is -2.08. The van der Waals surface area contributed by atoms with Gasteiger partial charge in [0.15, 0.2) is 0 Å². The van der Waals surface area contributed by atoms with Gasteiger partial charge in [0.05, 0.1) is 16.1 Å². The monoisotopic (exact) mass is 352 g/mol. The summed E-state index contributed by atoms with van der Waals surface area (Å²) >= 11 is 5.69. The third-order valence-corrected chi connectivity index (χ3v) is 4.19. The third-order valence-electron chi connectivity index (χ3n) is 3.89. The topological polar surface area (TPSA) is 37.9 Å². The first-order valence-corrected chi connectivity index (χ1v) is 8.19. The number of fused-ring (bicyclic) bond motifs is 1. The number of halogens is 2. The van der Waals surface area contributed by atoms with Crippen LogP contribution >= 0.6 is 11.6 Å². The fourth-order valence-electron chi connectivity index (χ4n) is 2.62. The summed E-state index contributed by atoms with van der Waals surface area (Å²) in [5.41, 5.74) is 3.55. The molecule has 124 valence electrons. The molecule has 0 spiro atoms. The number of aromatic amines is 1. The lowest BCUT2D eigenvalue weighted by molar-refractivity contribution is 0.305. The number of H-pyrrole nitrogens is 1. The van der Waals surface area contributed by atoms with Crippen molar-refractivity contribution >= 4 is 22.6 Å². The first kappa shape index (κ1) is 15.7. The molecular formula is C20H14ClFN2O. The van der Waals surface area contributed by atoms with Gasteiger partial charge in [-0.05, 0) is 42.0 Å². The van der Waals surface area contributed by atoms with E-state index in [9.17, 15) is 4.39 Å². The van der Waals surface area contributed by atoms with Crippen molar-refractivity contribution in [1.82, 2.24) is 9.97 Å². The van der Waals surface area contributed by atoms with Crippen molar-refractivity contribution in [3.8, 4) is 17.1 Å². The molecule has 0 amide bonds. The Labute approximate surface area is 149 Å². The number of hydrogen-bond donors (Lipinski definition) is 1. The van der Waals surface area contributed by atoms with Crippen LogP contribution in [0.5, 0.6) is 5.75 Å². The lowest BCUT2D eigenvalue weighted by Crippen LogP contribution is -1.96. The number of hydrogen-bond acceptors (Lipinski definition) is 2. The minimum atomic E-state index is -0.446. The van der Waals surface area contributed by atoms with Crippen molar-refractivity contribution in [3.63, 3.8) is 0 Å². The van der Waals surface area contributed by atoms with Crippen molar-refractivity contribution in [3.05, 3.63) is 83.1 Å². The van der Waals surface area contributed by atoms with E-state index in [-0.39, 0.29) is 11.6 Å². The number of benzene rings is 3. The van der Waals surface area contributed by atoms with Gasteiger partial charge in [0.1, 0.15) is 24.0 Å². The molecule has 3 aromatic carbocycles. The summed E-state index contributed by atoms with van der Waals surface area (Å²) < 4.78 is 19.3. The highest BCUT2D eigenvalue weighted by Gasteiger charge is 2.07. The summed E-state index contributed by atoms with van der Waals surface area (Å²) in [7, 11) is 0. The molecule has 5 heteroatoms. The molecule has 0 aliphatic carbocycles. The Kier molecular flexibility index (Phi) is 4.12. The van der Waals surface area contributed by atoms with Crippen molar-refractivity contribution in [2.45, 2.75) is 6.61 Å². The maximum Gasteiger partial charge on any atom is 0.142 e. The Morgan fingerprint density at radius 3 is 2.72 bits per heavy atom. The number of nitrogens with one attached hydrogen (secondary N) is 1. The van der Waals surface area contributed by atoms with Gasteiger partial charge in [0.2, 0.25) is 0 Å². The number of rotatable bonds is 4. The van der Waals surface area contributed by atoms with E-state index in [4.69, 9.17) is 16.3 Å². The highest BCUT2D eigenvalue weighted by atomic mass is 35.5. The molecule has 1 N–H and O–H groups in total. The third kappa shape index (κ3) is 3.35. The molecular weight excluding hydrogens is 339 g/mol. The average Bonchev–Trinajstić information content (AvgIpc) is 3.07. The van der Waals surface area contributed by atoms with Gasteiger partial charge in [-0.1, -0.05) is 41.9 Å². The molecule has 3 nitrogen and oxygen atoms in total. The van der Waals surface area contributed by atoms with E-state index < -0.39 is 5.82 Å². The summed E-state index contributed by atoms with van der Waals surface area (Å²) in [6.45, 7) is 0.262. The Hall–Kier alpha value is -2.85. The second kappa shape index (κ2) is 6.57. The first-order valence-electron chi connectivity index (χ1n) is 7.81. The molecule has 0 fully saturated rings. The highest BCUT2D eigenvalue weighted by molar-refractivity contribution is 6.30. The predicted octanol–water partition coefficient (Wildman–Crippen LogP) is 5.60. The van der Waals surface area contributed by atoms with E-state index in [2.05, 4.69) is 9.97 Å². The summed E-state index contributed by atoms with van der Waals surface area (Å²) in [6.07, 6.45) is 0. The Bertz CT molecular complexity index is 1010.